The second kappa shape index (κ2) is 4.47. The topological polar surface area (TPSA) is 41.1 Å². The van der Waals surface area contributed by atoms with E-state index in [1.807, 2.05) is 0 Å². The summed E-state index contributed by atoms with van der Waals surface area (Å²) in [7, 11) is 0. The Hall–Kier alpha value is -0.570. The van der Waals surface area contributed by atoms with Gasteiger partial charge in [0.2, 0.25) is 5.91 Å². The first-order valence-electron chi connectivity index (χ1n) is 9.23. The molecule has 3 heteroatoms. The molecule has 3 atom stereocenters. The minimum Gasteiger partial charge on any atom is -0.355 e. The molecule has 0 aromatic rings. The summed E-state index contributed by atoms with van der Waals surface area (Å²) in [5, 5.41) is 6.98. The van der Waals surface area contributed by atoms with E-state index in [1.54, 1.807) is 0 Å². The fourth-order valence-corrected chi connectivity index (χ4v) is 7.03. The van der Waals surface area contributed by atoms with Crippen molar-refractivity contribution in [3.05, 3.63) is 0 Å². The lowest BCUT2D eigenvalue weighted by Gasteiger charge is -2.57. The average Bonchev–Trinajstić information content (AvgIpc) is 3.06. The Labute approximate surface area is 127 Å². The van der Waals surface area contributed by atoms with Gasteiger partial charge in [-0.1, -0.05) is 0 Å². The molecule has 4 aliphatic carbocycles. The van der Waals surface area contributed by atoms with Gasteiger partial charge in [-0.15, -0.1) is 0 Å². The quantitative estimate of drug-likeness (QED) is 0.837. The van der Waals surface area contributed by atoms with Gasteiger partial charge >= 0.3 is 0 Å². The van der Waals surface area contributed by atoms with Gasteiger partial charge in [-0.3, -0.25) is 4.79 Å². The molecule has 2 heterocycles. The smallest absolute Gasteiger partial charge is 0.224 e. The molecule has 2 saturated heterocycles. The lowest BCUT2D eigenvalue weighted by Crippen LogP contribution is -2.52. The van der Waals surface area contributed by atoms with Gasteiger partial charge < -0.3 is 10.6 Å². The highest BCUT2D eigenvalue weighted by Gasteiger charge is 2.51. The van der Waals surface area contributed by atoms with Crippen LogP contribution in [0.2, 0.25) is 0 Å². The summed E-state index contributed by atoms with van der Waals surface area (Å²) in [5.74, 6) is 3.56. The SMILES string of the molecule is O=C(NCC12CC3CC(CC(C3)C1)C2)C1CC2CCC1N2. The van der Waals surface area contributed by atoms with Gasteiger partial charge in [-0.05, 0) is 81.0 Å². The largest absolute Gasteiger partial charge is 0.355 e. The predicted octanol–water partition coefficient (Wildman–Crippen LogP) is 2.46. The normalized spacial score (nSPS) is 53.3. The van der Waals surface area contributed by atoms with Crippen LogP contribution in [0.1, 0.15) is 57.8 Å². The van der Waals surface area contributed by atoms with Gasteiger partial charge in [0, 0.05) is 18.6 Å². The Morgan fingerprint density at radius 3 is 2.19 bits per heavy atom. The zero-order valence-electron chi connectivity index (χ0n) is 12.9. The van der Waals surface area contributed by atoms with E-state index >= 15 is 0 Å². The van der Waals surface area contributed by atoms with E-state index in [-0.39, 0.29) is 5.92 Å². The molecule has 2 aliphatic heterocycles. The monoisotopic (exact) mass is 288 g/mol. The van der Waals surface area contributed by atoms with Crippen LogP contribution in [0.4, 0.5) is 0 Å². The molecule has 6 aliphatic rings. The van der Waals surface area contributed by atoms with Crippen LogP contribution in [0.25, 0.3) is 0 Å². The van der Waals surface area contributed by atoms with Gasteiger partial charge in [0.1, 0.15) is 0 Å². The van der Waals surface area contributed by atoms with Gasteiger partial charge in [0.15, 0.2) is 0 Å². The first kappa shape index (κ1) is 12.9. The van der Waals surface area contributed by atoms with Crippen molar-refractivity contribution in [2.75, 3.05) is 6.54 Å². The summed E-state index contributed by atoms with van der Waals surface area (Å²) in [6.07, 6.45) is 12.2. The molecule has 0 spiro atoms. The summed E-state index contributed by atoms with van der Waals surface area (Å²) >= 11 is 0. The highest BCUT2D eigenvalue weighted by Crippen LogP contribution is 2.59. The molecule has 116 valence electrons. The van der Waals surface area contributed by atoms with E-state index < -0.39 is 0 Å². The Bertz CT molecular complexity index is 425. The number of rotatable bonds is 3. The van der Waals surface area contributed by atoms with Crippen LogP contribution in [0.5, 0.6) is 0 Å². The lowest BCUT2D eigenvalue weighted by molar-refractivity contribution is -0.127. The Kier molecular flexibility index (Phi) is 2.75. The van der Waals surface area contributed by atoms with Gasteiger partial charge in [0.05, 0.1) is 5.92 Å². The molecule has 4 saturated carbocycles. The molecule has 1 amide bonds. The van der Waals surface area contributed by atoms with Crippen LogP contribution < -0.4 is 10.6 Å². The van der Waals surface area contributed by atoms with E-state index in [4.69, 9.17) is 0 Å². The molecular weight excluding hydrogens is 260 g/mol. The number of hydrogen-bond donors (Lipinski definition) is 2. The molecule has 6 fully saturated rings. The van der Waals surface area contributed by atoms with Gasteiger partial charge in [-0.2, -0.15) is 0 Å². The standard InChI is InChI=1S/C18H28N2O/c21-17(15-6-14-1-2-16(15)20-14)19-10-18-7-11-3-12(8-18)5-13(4-11)9-18/h11-16,20H,1-10H2,(H,19,21). The van der Waals surface area contributed by atoms with Crippen molar-refractivity contribution in [3.63, 3.8) is 0 Å². The predicted molar refractivity (Wildman–Crippen MR) is 81.7 cm³/mol. The fraction of sp³-hybridized carbons (Fsp3) is 0.944. The second-order valence-electron chi connectivity index (χ2n) is 9.02. The average molecular weight is 288 g/mol. The summed E-state index contributed by atoms with van der Waals surface area (Å²) < 4.78 is 0. The maximum absolute atomic E-state index is 12.6. The maximum atomic E-state index is 12.6. The van der Waals surface area contributed by atoms with Crippen LogP contribution in [-0.2, 0) is 4.79 Å². The highest BCUT2D eigenvalue weighted by molar-refractivity contribution is 5.80. The Morgan fingerprint density at radius 2 is 1.67 bits per heavy atom. The van der Waals surface area contributed by atoms with Crippen molar-refractivity contribution in [2.24, 2.45) is 29.1 Å². The van der Waals surface area contributed by atoms with Crippen LogP contribution in [0.15, 0.2) is 0 Å². The molecule has 6 rings (SSSR count). The number of amides is 1. The van der Waals surface area contributed by atoms with Crippen LogP contribution in [0.3, 0.4) is 0 Å². The number of carbonyl (C=O) groups excluding carboxylic acids is 1. The molecule has 0 radical (unpaired) electrons. The van der Waals surface area contributed by atoms with Crippen molar-refractivity contribution < 1.29 is 4.79 Å². The first-order chi connectivity index (χ1) is 10.2. The molecule has 3 nitrogen and oxygen atoms in total. The van der Waals surface area contributed by atoms with E-state index in [0.717, 1.165) is 30.7 Å². The zero-order chi connectivity index (χ0) is 14.0. The molecule has 6 bridgehead atoms. The number of hydrogen-bond acceptors (Lipinski definition) is 2. The third kappa shape index (κ3) is 2.07. The summed E-state index contributed by atoms with van der Waals surface area (Å²) in [5.41, 5.74) is 0.482. The molecule has 3 unspecified atom stereocenters. The molecule has 21 heavy (non-hydrogen) atoms. The van der Waals surface area contributed by atoms with Crippen molar-refractivity contribution in [2.45, 2.75) is 69.9 Å². The minimum atomic E-state index is 0.262. The number of carbonyl (C=O) groups is 1. The van der Waals surface area contributed by atoms with E-state index in [1.165, 1.54) is 51.4 Å². The van der Waals surface area contributed by atoms with Crippen LogP contribution in [0, 0.1) is 29.1 Å². The van der Waals surface area contributed by atoms with Gasteiger partial charge in [0.25, 0.3) is 0 Å². The van der Waals surface area contributed by atoms with E-state index in [0.29, 0.717) is 23.4 Å². The van der Waals surface area contributed by atoms with Crippen molar-refractivity contribution in [1.29, 1.82) is 0 Å². The zero-order valence-corrected chi connectivity index (χ0v) is 12.9. The van der Waals surface area contributed by atoms with Gasteiger partial charge in [-0.25, -0.2) is 0 Å². The second-order valence-corrected chi connectivity index (χ2v) is 9.02. The van der Waals surface area contributed by atoms with Crippen molar-refractivity contribution in [1.82, 2.24) is 10.6 Å². The molecular formula is C18H28N2O. The van der Waals surface area contributed by atoms with Crippen LogP contribution >= 0.6 is 0 Å². The minimum absolute atomic E-state index is 0.262. The molecule has 2 N–H and O–H groups in total. The Balaban J connectivity index is 1.23. The Morgan fingerprint density at radius 1 is 1.00 bits per heavy atom. The highest BCUT2D eigenvalue weighted by atomic mass is 16.2. The van der Waals surface area contributed by atoms with Crippen molar-refractivity contribution >= 4 is 5.91 Å². The summed E-state index contributed by atoms with van der Waals surface area (Å²) in [6, 6.07) is 1.11. The maximum Gasteiger partial charge on any atom is 0.224 e. The lowest BCUT2D eigenvalue weighted by atomic mass is 9.49. The molecule has 0 aromatic carbocycles. The summed E-state index contributed by atoms with van der Waals surface area (Å²) in [4.78, 5) is 12.6. The van der Waals surface area contributed by atoms with E-state index in [9.17, 15) is 4.79 Å². The fourth-order valence-electron chi connectivity index (χ4n) is 7.03. The molecule has 0 aromatic heterocycles. The van der Waals surface area contributed by atoms with E-state index in [2.05, 4.69) is 10.6 Å². The summed E-state index contributed by atoms with van der Waals surface area (Å²) in [6.45, 7) is 0.975. The van der Waals surface area contributed by atoms with Crippen LogP contribution in [-0.4, -0.2) is 24.5 Å². The van der Waals surface area contributed by atoms with Crippen molar-refractivity contribution in [3.8, 4) is 0 Å². The number of nitrogens with one attached hydrogen (secondary N) is 2. The third-order valence-corrected chi connectivity index (χ3v) is 7.44. The third-order valence-electron chi connectivity index (χ3n) is 7.44. The number of fused-ring (bicyclic) bond motifs is 2. The first-order valence-corrected chi connectivity index (χ1v) is 9.23.